The number of phenols is 2. The van der Waals surface area contributed by atoms with E-state index in [1.165, 1.54) is 37.1 Å². The number of pyridine rings is 1. The van der Waals surface area contributed by atoms with Gasteiger partial charge in [-0.1, -0.05) is 149 Å². The van der Waals surface area contributed by atoms with Crippen LogP contribution in [0.15, 0.2) is 150 Å². The molecule has 8 aromatic rings. The molecule has 2 aliphatic heterocycles. The molecule has 0 aliphatic carbocycles. The van der Waals surface area contributed by atoms with Crippen LogP contribution >= 0.6 is 63.7 Å². The van der Waals surface area contributed by atoms with Crippen LogP contribution in [0.3, 0.4) is 0 Å². The third kappa shape index (κ3) is 33.1. The summed E-state index contributed by atoms with van der Waals surface area (Å²) < 4.78 is 42.1. The number of benzene rings is 7. The van der Waals surface area contributed by atoms with E-state index in [4.69, 9.17) is 44.1 Å². The fourth-order valence-electron chi connectivity index (χ4n) is 11.3. The van der Waals surface area contributed by atoms with E-state index >= 15 is 0 Å². The Balaban J connectivity index is 0.000000721. The number of H-pyrrole nitrogens is 1. The maximum Gasteiger partial charge on any atom is 1.00 e. The van der Waals surface area contributed by atoms with Gasteiger partial charge in [-0.25, -0.2) is 14.4 Å². The van der Waals surface area contributed by atoms with Gasteiger partial charge in [0.1, 0.15) is 34.3 Å². The number of fused-ring (bicyclic) bond motifs is 3. The summed E-state index contributed by atoms with van der Waals surface area (Å²) in [6, 6.07) is 30.5. The summed E-state index contributed by atoms with van der Waals surface area (Å²) >= 11 is 13.0. The second kappa shape index (κ2) is 46.6. The number of hydrogen-bond donors (Lipinski definition) is 5. The molecule has 0 amide bonds. The van der Waals surface area contributed by atoms with E-state index in [0.29, 0.717) is 76.7 Å². The summed E-state index contributed by atoms with van der Waals surface area (Å²) in [7, 11) is 3.34. The topological polar surface area (TPSA) is 431 Å². The number of nitrogens with two attached hydrogens (primary N) is 1. The molecule has 0 saturated carbocycles. The average Bonchev–Trinajstić information content (AvgIpc) is 1.59. The normalized spacial score (nSPS) is 12.6. The zero-order valence-corrected chi connectivity index (χ0v) is 87.2. The zero-order chi connectivity index (χ0) is 97.1. The summed E-state index contributed by atoms with van der Waals surface area (Å²) in [5, 5.41) is 69.1. The molecule has 29 nitrogen and oxygen atoms in total. The number of phenolic OH excluding ortho intramolecular Hbond substituents is 2. The molecule has 0 saturated heterocycles. The predicted octanol–water partition coefficient (Wildman–Crippen LogP) is 20.3. The molecule has 0 spiro atoms. The maximum absolute atomic E-state index is 11.8. The van der Waals surface area contributed by atoms with Crippen molar-refractivity contribution >= 4 is 136 Å². The first-order chi connectivity index (χ1) is 56.9. The molecule has 0 unspecified atom stereocenters. The monoisotopic (exact) mass is 2030 g/mol. The number of aromatic amines is 1. The Morgan fingerprint density at radius 3 is 1.25 bits per heavy atom. The van der Waals surface area contributed by atoms with Crippen molar-refractivity contribution in [3.8, 4) is 34.5 Å². The standard InChI is InChI=1S/C14H17NO4.C14H19NO2.C12H14BrNO5.C12H15BrO3.C10H12BrNO3.C10H13BrO.C10H7NO3.C8H18O2Si.CH3O.Na/c1-13(2,3)8-6-9-11(7-10(8)15(17)18)19-12(16)14(9,4)5;1-13(2,3)8-6-9-11(7-10(8)15)17-12(16)14(9,4)5;1-12(2,3)7-5-8(13)10(19-11(15)18-4)6-9(7)14(16)17;1-12(2,3)8-5-6-10(9(13)7-8)16-11(14)15-4;1-10(2,3)6-4-7(11)9(13)5-8(6)12(14)15;1-10(2,3)7-4-5-9(12)8(11)6-7;12-9-6-3-1-2-4-8(6)11-5-7(9)10(13)14;1-7(2)8(9-3)10-11(4,5)6;1-2;/h6-7H,1-5H3;6-7H,15H2,1-5H3;5-6H,1-4H3;5-7H,1-4H3;4-5,13H,1-3H3;4-6,12H,1-3H3;1-5H,(H,11,12)(H,13,14);1-6H3;1H3;/q;;;;;;;;-1;+1. The number of anilines is 1. The molecule has 684 valence electrons. The van der Waals surface area contributed by atoms with Crippen LogP contribution in [-0.4, -0.2) is 102 Å². The number of carbonyl (C=O) groups is 5. The van der Waals surface area contributed by atoms with Gasteiger partial charge in [-0.15, -0.1) is 0 Å². The van der Waals surface area contributed by atoms with Crippen LogP contribution in [0, 0.1) is 30.3 Å². The molecule has 0 fully saturated rings. The first kappa shape index (κ1) is 115. The van der Waals surface area contributed by atoms with Crippen molar-refractivity contribution < 1.29 is 126 Å². The van der Waals surface area contributed by atoms with Crippen molar-refractivity contribution in [2.24, 2.45) is 0 Å². The van der Waals surface area contributed by atoms with Crippen molar-refractivity contribution in [2.75, 3.05) is 34.2 Å². The summed E-state index contributed by atoms with van der Waals surface area (Å²) in [6.45, 7) is 53.8. The molecule has 0 bridgehead atoms. The van der Waals surface area contributed by atoms with Crippen LogP contribution in [0.1, 0.15) is 221 Å². The van der Waals surface area contributed by atoms with Gasteiger partial charge in [0.05, 0.1) is 83.0 Å². The number of nitrogen functional groups attached to an aromatic ring is 1. The molecule has 3 heterocycles. The first-order valence-electron chi connectivity index (χ1n) is 38.7. The Bertz CT molecular complexity index is 5350. The van der Waals surface area contributed by atoms with Gasteiger partial charge in [0.25, 0.3) is 23.0 Å². The van der Waals surface area contributed by atoms with E-state index in [-0.39, 0.29) is 103 Å². The number of rotatable bonds is 9. The van der Waals surface area contributed by atoms with Crippen molar-refractivity contribution in [1.82, 2.24) is 4.98 Å². The number of aromatic hydroxyl groups is 2. The fraction of sp³-hybridized carbons (Fsp3) is 0.429. The number of methoxy groups -OCH3 is 3. The summed E-state index contributed by atoms with van der Waals surface area (Å²) in [5.41, 5.74) is 12.1. The Kier molecular flexibility index (Phi) is 42.5. The maximum atomic E-state index is 11.8. The van der Waals surface area contributed by atoms with Crippen LogP contribution in [0.4, 0.5) is 32.3 Å². The van der Waals surface area contributed by atoms with E-state index in [0.717, 1.165) is 45.4 Å². The van der Waals surface area contributed by atoms with E-state index in [1.807, 2.05) is 120 Å². The number of aromatic carboxylic acids is 1. The van der Waals surface area contributed by atoms with E-state index in [2.05, 4.69) is 160 Å². The number of nitrogens with zero attached hydrogens (tertiary/aromatic N) is 3. The molecule has 1 aromatic heterocycles. The van der Waals surface area contributed by atoms with Crippen LogP contribution in [0.5, 0.6) is 34.5 Å². The quantitative estimate of drug-likeness (QED) is 0.0131. The SMILES string of the molecule is CC(C)(C)c1cc(Br)c(O)cc1[N+](=O)[O-].CC(C)(C)c1cc2c(cc1N)OC(=O)C2(C)C.CC(C)(C)c1cc2c(cc1[N+](=O)[O-])OC(=O)C2(C)C.CC(C)(C)c1ccc(O)c(Br)c1.COC(=O)Oc1cc([N+](=O)[O-])c(C(C)(C)C)cc1Br.COC(=O)Oc1ccc(C(C)(C)C)cc1Br.COC(O[Si](C)(C)C)=C(C)C.C[O-].O=C(O)c1c[nH]c2ccccc2c1=O.[Na+]. The molecular weight excluding hydrogens is 1920 g/mol. The number of nitro groups is 3. The minimum atomic E-state index is -1.49. The van der Waals surface area contributed by atoms with E-state index < -0.39 is 63.0 Å². The Morgan fingerprint density at radius 2 is 0.865 bits per heavy atom. The number of hydrogen-bond acceptors (Lipinski definition) is 24. The van der Waals surface area contributed by atoms with Gasteiger partial charge in [-0.05, 0) is 235 Å². The number of nitrogens with one attached hydrogen (secondary N) is 1. The number of para-hydroxylation sites is 1. The van der Waals surface area contributed by atoms with Crippen molar-refractivity contribution in [2.45, 2.75) is 229 Å². The van der Waals surface area contributed by atoms with Crippen LogP contribution in [0.2, 0.25) is 19.6 Å². The number of halogens is 4. The molecule has 126 heavy (non-hydrogen) atoms. The molecule has 0 atom stereocenters. The molecule has 10 rings (SSSR count). The van der Waals surface area contributed by atoms with E-state index in [9.17, 15) is 69.3 Å². The third-order valence-electron chi connectivity index (χ3n) is 18.3. The number of ether oxygens (including phenoxy) is 7. The number of carbonyl (C=O) groups excluding carboxylic acids is 4. The van der Waals surface area contributed by atoms with Gasteiger partial charge in [0.2, 0.25) is 13.7 Å². The molecule has 2 aliphatic rings. The fourth-order valence-corrected chi connectivity index (χ4v) is 13.8. The van der Waals surface area contributed by atoms with Crippen molar-refractivity contribution in [3.63, 3.8) is 0 Å². The van der Waals surface area contributed by atoms with Crippen LogP contribution in [-0.2, 0) is 71.5 Å². The van der Waals surface area contributed by atoms with E-state index in [1.54, 1.807) is 81.6 Å². The summed E-state index contributed by atoms with van der Waals surface area (Å²) in [4.78, 5) is 102. The number of nitro benzene ring substituents is 3. The van der Waals surface area contributed by atoms with Gasteiger partial charge < -0.3 is 68.7 Å². The number of aromatic nitrogens is 1. The average molecular weight is 2040 g/mol. The van der Waals surface area contributed by atoms with Crippen LogP contribution < -0.4 is 64.8 Å². The molecule has 7 aromatic carbocycles. The van der Waals surface area contributed by atoms with Gasteiger partial charge in [-0.3, -0.25) is 44.7 Å². The number of carboxylic acids is 1. The number of carboxylic acid groups (broad SMARTS) is 1. The first-order valence-corrected chi connectivity index (χ1v) is 45.3. The van der Waals surface area contributed by atoms with Gasteiger partial charge >= 0.3 is 59.8 Å². The largest absolute Gasteiger partial charge is 1.00 e. The summed E-state index contributed by atoms with van der Waals surface area (Å²) in [6.07, 6.45) is -0.435. The molecule has 35 heteroatoms. The Morgan fingerprint density at radius 1 is 0.492 bits per heavy atom. The van der Waals surface area contributed by atoms with Gasteiger partial charge in [-0.2, -0.15) is 7.11 Å². The molecule has 6 N–H and O–H groups in total. The van der Waals surface area contributed by atoms with Crippen molar-refractivity contribution in [1.29, 1.82) is 0 Å². The Hall–Kier alpha value is -9.26. The van der Waals surface area contributed by atoms with Gasteiger partial charge in [0, 0.05) is 62.2 Å². The third-order valence-corrected chi connectivity index (χ3v) is 21.6. The second-order valence-electron chi connectivity index (χ2n) is 36.7. The summed E-state index contributed by atoms with van der Waals surface area (Å²) in [5.74, 6) is 0.478. The number of esters is 2. The molecular formula is C91H118Br4N5NaO24Si. The van der Waals surface area contributed by atoms with Crippen molar-refractivity contribution in [3.05, 3.63) is 235 Å². The smallest absolute Gasteiger partial charge is 0.857 e. The van der Waals surface area contributed by atoms with Gasteiger partial charge in [0.15, 0.2) is 5.75 Å². The molecule has 0 radical (unpaired) electrons. The zero-order valence-electron chi connectivity index (χ0n) is 77.8. The van der Waals surface area contributed by atoms with Crippen LogP contribution in [0.25, 0.3) is 10.9 Å². The number of allylic oxidation sites excluding steroid dienone is 1. The Labute approximate surface area is 794 Å². The minimum Gasteiger partial charge on any atom is -0.857 e. The minimum absolute atomic E-state index is 0. The predicted molar refractivity (Wildman–Crippen MR) is 500 cm³/mol. The second-order valence-corrected chi connectivity index (χ2v) is 44.6.